The van der Waals surface area contributed by atoms with Crippen molar-refractivity contribution in [2.45, 2.75) is 25.5 Å². The van der Waals surface area contributed by atoms with Crippen molar-refractivity contribution in [3.05, 3.63) is 71.9 Å². The number of hydrogen-bond donors (Lipinski definition) is 1. The molecule has 6 nitrogen and oxygen atoms in total. The van der Waals surface area contributed by atoms with Gasteiger partial charge in [0.2, 0.25) is 0 Å². The number of para-hydroxylation sites is 1. The van der Waals surface area contributed by atoms with Gasteiger partial charge in [-0.3, -0.25) is 0 Å². The van der Waals surface area contributed by atoms with Crippen molar-refractivity contribution in [3.8, 4) is 16.9 Å². The summed E-state index contributed by atoms with van der Waals surface area (Å²) in [5.41, 5.74) is 3.08. The summed E-state index contributed by atoms with van der Waals surface area (Å²) >= 11 is 0. The summed E-state index contributed by atoms with van der Waals surface area (Å²) in [6.07, 6.45) is 3.07. The van der Waals surface area contributed by atoms with E-state index in [1.54, 1.807) is 30.5 Å². The Kier molecular flexibility index (Phi) is 5.56. The van der Waals surface area contributed by atoms with Crippen LogP contribution in [0.5, 0.6) is 5.75 Å². The first-order chi connectivity index (χ1) is 17.1. The van der Waals surface area contributed by atoms with Gasteiger partial charge in [0.15, 0.2) is 0 Å². The molecule has 1 atom stereocenters. The summed E-state index contributed by atoms with van der Waals surface area (Å²) < 4.78 is 48.0. The third-order valence-corrected chi connectivity index (χ3v) is 6.80. The second-order valence-electron chi connectivity index (χ2n) is 8.83. The maximum Gasteiger partial charge on any atom is 0.387 e. The smallest absolute Gasteiger partial charge is 0.387 e. The zero-order chi connectivity index (χ0) is 23.9. The van der Waals surface area contributed by atoms with E-state index in [1.165, 1.54) is 6.07 Å². The summed E-state index contributed by atoms with van der Waals surface area (Å²) in [5.74, 6) is 1.46. The molecule has 35 heavy (non-hydrogen) atoms. The minimum atomic E-state index is -2.91. The van der Waals surface area contributed by atoms with E-state index in [4.69, 9.17) is 4.74 Å². The number of anilines is 1. The summed E-state index contributed by atoms with van der Waals surface area (Å²) in [6, 6.07) is 13.6. The Hall–Kier alpha value is -3.59. The molecule has 0 bridgehead atoms. The molecule has 4 heterocycles. The molecule has 9 heteroatoms. The van der Waals surface area contributed by atoms with Gasteiger partial charge in [0.1, 0.15) is 23.2 Å². The Morgan fingerprint density at radius 2 is 1.89 bits per heavy atom. The van der Waals surface area contributed by atoms with E-state index < -0.39 is 6.61 Å². The number of ether oxygens (including phenoxy) is 1. The molecule has 0 amide bonds. The predicted molar refractivity (Wildman–Crippen MR) is 128 cm³/mol. The minimum absolute atomic E-state index is 0.150. The third kappa shape index (κ3) is 3.99. The molecule has 2 aliphatic rings. The second kappa shape index (κ2) is 8.88. The van der Waals surface area contributed by atoms with Crippen molar-refractivity contribution in [2.75, 3.05) is 31.1 Å². The normalized spacial score (nSPS) is 17.8. The predicted octanol–water partition coefficient (Wildman–Crippen LogP) is 4.78. The van der Waals surface area contributed by atoms with Gasteiger partial charge in [-0.05, 0) is 30.7 Å². The molecule has 2 aromatic heterocycles. The number of fused-ring (bicyclic) bond motifs is 3. The molecular formula is C26H24F3N5O. The van der Waals surface area contributed by atoms with Gasteiger partial charge in [-0.25, -0.2) is 14.4 Å². The van der Waals surface area contributed by atoms with Crippen LogP contribution in [0.25, 0.3) is 22.2 Å². The van der Waals surface area contributed by atoms with E-state index in [0.717, 1.165) is 43.3 Å². The van der Waals surface area contributed by atoms with Crippen molar-refractivity contribution >= 4 is 16.9 Å². The highest BCUT2D eigenvalue weighted by molar-refractivity contribution is 5.84. The molecule has 1 saturated heterocycles. The lowest BCUT2D eigenvalue weighted by Gasteiger charge is -2.28. The lowest BCUT2D eigenvalue weighted by Crippen LogP contribution is -2.43. The van der Waals surface area contributed by atoms with Gasteiger partial charge in [0.05, 0.1) is 17.1 Å². The van der Waals surface area contributed by atoms with E-state index in [-0.39, 0.29) is 17.6 Å². The topological polar surface area (TPSA) is 55.2 Å². The SMILES string of the molecule is Fc1cc2nc3n(c2cc1-c1ccc(N2CCNCC2)nc1)C(c1ccccc1OC(F)F)CC3. The molecule has 1 fully saturated rings. The second-order valence-corrected chi connectivity index (χ2v) is 8.83. The van der Waals surface area contributed by atoms with Gasteiger partial charge < -0.3 is 19.5 Å². The number of pyridine rings is 1. The van der Waals surface area contributed by atoms with Gasteiger partial charge in [-0.15, -0.1) is 0 Å². The number of nitrogens with one attached hydrogen (secondary N) is 1. The quantitative estimate of drug-likeness (QED) is 0.446. The molecule has 0 aliphatic carbocycles. The summed E-state index contributed by atoms with van der Waals surface area (Å²) in [4.78, 5) is 11.4. The number of piperazine rings is 1. The molecular weight excluding hydrogens is 455 g/mol. The van der Waals surface area contributed by atoms with Crippen LogP contribution in [0.3, 0.4) is 0 Å². The van der Waals surface area contributed by atoms with Crippen LogP contribution >= 0.6 is 0 Å². The molecule has 4 aromatic rings. The van der Waals surface area contributed by atoms with Gasteiger partial charge >= 0.3 is 6.61 Å². The summed E-state index contributed by atoms with van der Waals surface area (Å²) in [7, 11) is 0. The lowest BCUT2D eigenvalue weighted by molar-refractivity contribution is -0.0506. The number of aryl methyl sites for hydroxylation is 1. The Labute approximate surface area is 200 Å². The summed E-state index contributed by atoms with van der Waals surface area (Å²) in [6.45, 7) is 0.676. The maximum absolute atomic E-state index is 15.2. The van der Waals surface area contributed by atoms with Gasteiger partial charge in [0, 0.05) is 61.6 Å². The van der Waals surface area contributed by atoms with Crippen LogP contribution in [0.4, 0.5) is 19.0 Å². The number of benzene rings is 2. The number of hydrogen-bond acceptors (Lipinski definition) is 5. The minimum Gasteiger partial charge on any atom is -0.434 e. The molecule has 2 aliphatic heterocycles. The molecule has 0 saturated carbocycles. The molecule has 0 radical (unpaired) electrons. The molecule has 1 N–H and O–H groups in total. The summed E-state index contributed by atoms with van der Waals surface area (Å²) in [5, 5.41) is 3.32. The Balaban J connectivity index is 1.39. The largest absolute Gasteiger partial charge is 0.434 e. The highest BCUT2D eigenvalue weighted by Gasteiger charge is 2.30. The van der Waals surface area contributed by atoms with Crippen molar-refractivity contribution in [1.29, 1.82) is 0 Å². The van der Waals surface area contributed by atoms with E-state index in [0.29, 0.717) is 35.0 Å². The van der Waals surface area contributed by atoms with Crippen molar-refractivity contribution in [2.24, 2.45) is 0 Å². The van der Waals surface area contributed by atoms with Gasteiger partial charge in [0.25, 0.3) is 0 Å². The fourth-order valence-electron chi connectivity index (χ4n) is 5.19. The highest BCUT2D eigenvalue weighted by atomic mass is 19.3. The van der Waals surface area contributed by atoms with Crippen molar-refractivity contribution in [1.82, 2.24) is 19.9 Å². The average Bonchev–Trinajstić information content (AvgIpc) is 3.43. The molecule has 6 rings (SSSR count). The zero-order valence-electron chi connectivity index (χ0n) is 18.9. The van der Waals surface area contributed by atoms with Gasteiger partial charge in [-0.2, -0.15) is 8.78 Å². The number of aromatic nitrogens is 3. The molecule has 180 valence electrons. The van der Waals surface area contributed by atoms with Crippen LogP contribution in [-0.2, 0) is 6.42 Å². The first-order valence-electron chi connectivity index (χ1n) is 11.7. The first kappa shape index (κ1) is 21.9. The number of nitrogens with zero attached hydrogens (tertiary/aromatic N) is 4. The number of imidazole rings is 1. The molecule has 0 spiro atoms. The lowest BCUT2D eigenvalue weighted by atomic mass is 10.0. The Morgan fingerprint density at radius 3 is 2.66 bits per heavy atom. The Bertz CT molecular complexity index is 1370. The van der Waals surface area contributed by atoms with Crippen LogP contribution in [0, 0.1) is 5.82 Å². The van der Waals surface area contributed by atoms with E-state index in [9.17, 15) is 8.78 Å². The van der Waals surface area contributed by atoms with E-state index in [1.807, 2.05) is 22.8 Å². The molecule has 2 aromatic carbocycles. The fourth-order valence-corrected chi connectivity index (χ4v) is 5.19. The number of rotatable bonds is 5. The third-order valence-electron chi connectivity index (χ3n) is 6.80. The fraction of sp³-hybridized carbons (Fsp3) is 0.308. The van der Waals surface area contributed by atoms with E-state index >= 15 is 4.39 Å². The standard InChI is InChI=1S/C26H24F3N5O/c27-19-14-20-22(13-18(19)16-5-7-24(31-15-16)33-11-9-30-10-12-33)34-21(6-8-25(34)32-20)17-3-1-2-4-23(17)35-26(28)29/h1-5,7,13-15,21,26,30H,6,8-12H2. The van der Waals surface area contributed by atoms with Crippen LogP contribution in [-0.4, -0.2) is 47.3 Å². The van der Waals surface area contributed by atoms with Crippen molar-refractivity contribution < 1.29 is 17.9 Å². The highest BCUT2D eigenvalue weighted by Crippen LogP contribution is 2.40. The Morgan fingerprint density at radius 1 is 1.06 bits per heavy atom. The van der Waals surface area contributed by atoms with Crippen molar-refractivity contribution in [3.63, 3.8) is 0 Å². The molecule has 1 unspecified atom stereocenters. The average molecular weight is 480 g/mol. The van der Waals surface area contributed by atoms with Crippen LogP contribution in [0.1, 0.15) is 23.9 Å². The van der Waals surface area contributed by atoms with Crippen LogP contribution in [0.2, 0.25) is 0 Å². The maximum atomic E-state index is 15.2. The monoisotopic (exact) mass is 479 g/mol. The van der Waals surface area contributed by atoms with Crippen LogP contribution < -0.4 is 15.0 Å². The number of alkyl halides is 2. The first-order valence-corrected chi connectivity index (χ1v) is 11.7. The number of halogens is 3. The zero-order valence-corrected chi connectivity index (χ0v) is 18.9. The van der Waals surface area contributed by atoms with E-state index in [2.05, 4.69) is 20.2 Å². The van der Waals surface area contributed by atoms with Crippen LogP contribution in [0.15, 0.2) is 54.7 Å². The van der Waals surface area contributed by atoms with Gasteiger partial charge in [-0.1, -0.05) is 18.2 Å².